The molecule has 0 unspecified atom stereocenters. The van der Waals surface area contributed by atoms with E-state index in [-0.39, 0.29) is 11.7 Å². The highest BCUT2D eigenvalue weighted by Gasteiger charge is 2.13. The Morgan fingerprint density at radius 3 is 2.46 bits per heavy atom. The predicted molar refractivity (Wildman–Crippen MR) is 127 cm³/mol. The number of H-pyrrole nitrogens is 1. The lowest BCUT2D eigenvalue weighted by Crippen LogP contribution is -2.19. The van der Waals surface area contributed by atoms with E-state index in [1.54, 1.807) is 55.7 Å². The van der Waals surface area contributed by atoms with Crippen molar-refractivity contribution in [1.82, 2.24) is 25.1 Å². The largest absolute Gasteiger partial charge is 0.493 e. The fraction of sp³-hybridized carbons (Fsp3) is 0.0909. The lowest BCUT2D eigenvalue weighted by atomic mass is 10.2. The molecule has 3 amide bonds. The van der Waals surface area contributed by atoms with Crippen molar-refractivity contribution in [3.8, 4) is 17.5 Å². The lowest BCUT2D eigenvalue weighted by Gasteiger charge is -2.13. The minimum atomic E-state index is -0.655. The summed E-state index contributed by atoms with van der Waals surface area (Å²) in [4.78, 5) is 36.0. The molecule has 1 aromatic carbocycles. The number of aromatic nitrogens is 5. The van der Waals surface area contributed by atoms with Gasteiger partial charge >= 0.3 is 12.0 Å². The predicted octanol–water partition coefficient (Wildman–Crippen LogP) is 3.19. The third kappa shape index (κ3) is 5.98. The topological polar surface area (TPSA) is 182 Å². The van der Waals surface area contributed by atoms with Crippen LogP contribution in [0.5, 0.6) is 17.5 Å². The number of aryl methyl sites for hydroxylation is 1. The number of anilines is 4. The van der Waals surface area contributed by atoms with Crippen LogP contribution in [-0.2, 0) is 0 Å². The second kappa shape index (κ2) is 10.2. The molecule has 0 aliphatic carbocycles. The molecule has 13 nitrogen and oxygen atoms in total. The number of ether oxygens (including phenoxy) is 2. The number of benzene rings is 1. The molecule has 0 radical (unpaired) electrons. The molecule has 0 bridgehead atoms. The number of amides is 3. The molecule has 0 aliphatic rings. The summed E-state index contributed by atoms with van der Waals surface area (Å²) in [7, 11) is 1.47. The van der Waals surface area contributed by atoms with E-state index in [9.17, 15) is 9.59 Å². The van der Waals surface area contributed by atoms with Crippen molar-refractivity contribution < 1.29 is 19.1 Å². The normalized spacial score (nSPS) is 10.3. The average Bonchev–Trinajstić information content (AvgIpc) is 3.29. The summed E-state index contributed by atoms with van der Waals surface area (Å²) in [5.41, 5.74) is 7.01. The van der Waals surface area contributed by atoms with E-state index in [1.807, 2.05) is 0 Å². The van der Waals surface area contributed by atoms with Crippen molar-refractivity contribution >= 4 is 34.9 Å². The van der Waals surface area contributed by atoms with Crippen LogP contribution in [-0.4, -0.2) is 44.2 Å². The van der Waals surface area contributed by atoms with Gasteiger partial charge in [-0.15, -0.1) is 0 Å². The SMILES string of the molecule is COc1cc(NC(=O)Nc2ccncc2)ccc1Oc1nc(C)cc(Nc2cc(C(N)=O)n[nH]2)n1. The molecular weight excluding hydrogens is 454 g/mol. The van der Waals surface area contributed by atoms with Gasteiger partial charge in [-0.2, -0.15) is 10.1 Å². The standard InChI is InChI=1S/C22H21N9O4/c1-12-9-18(28-19-11-15(20(23)32)30-31-19)29-22(25-12)35-16-4-3-14(10-17(16)34-2)27-21(33)26-13-5-7-24-8-6-13/h3-11H,1-2H3,(H2,23,32)(H2,24,26,27,33)(H2,25,28,29,30,31). The Morgan fingerprint density at radius 2 is 1.74 bits per heavy atom. The summed E-state index contributed by atoms with van der Waals surface area (Å²) in [6.07, 6.45) is 3.15. The minimum absolute atomic E-state index is 0.0524. The maximum Gasteiger partial charge on any atom is 0.324 e. The number of aromatic amines is 1. The van der Waals surface area contributed by atoms with E-state index in [1.165, 1.54) is 13.2 Å². The van der Waals surface area contributed by atoms with E-state index < -0.39 is 11.9 Å². The van der Waals surface area contributed by atoms with Crippen LogP contribution in [0, 0.1) is 6.92 Å². The average molecular weight is 475 g/mol. The first-order chi connectivity index (χ1) is 16.9. The first-order valence-electron chi connectivity index (χ1n) is 10.2. The van der Waals surface area contributed by atoms with Crippen LogP contribution < -0.4 is 31.2 Å². The first-order valence-corrected chi connectivity index (χ1v) is 10.2. The van der Waals surface area contributed by atoms with Gasteiger partial charge in [0, 0.05) is 47.7 Å². The lowest BCUT2D eigenvalue weighted by molar-refractivity contribution is 0.0995. The molecule has 0 atom stereocenters. The number of carbonyl (C=O) groups is 2. The van der Waals surface area contributed by atoms with Crippen molar-refractivity contribution in [2.75, 3.05) is 23.1 Å². The van der Waals surface area contributed by atoms with Gasteiger partial charge in [0.25, 0.3) is 5.91 Å². The maximum atomic E-state index is 12.2. The summed E-state index contributed by atoms with van der Waals surface area (Å²) in [6.45, 7) is 1.77. The van der Waals surface area contributed by atoms with Crippen molar-refractivity contribution in [3.05, 3.63) is 66.2 Å². The zero-order valence-electron chi connectivity index (χ0n) is 18.7. The van der Waals surface area contributed by atoms with Gasteiger partial charge in [0.05, 0.1) is 7.11 Å². The van der Waals surface area contributed by atoms with Gasteiger partial charge in [-0.05, 0) is 31.2 Å². The van der Waals surface area contributed by atoms with E-state index in [0.29, 0.717) is 40.2 Å². The zero-order chi connectivity index (χ0) is 24.8. The number of pyridine rings is 1. The van der Waals surface area contributed by atoms with Gasteiger partial charge in [0.2, 0.25) is 0 Å². The summed E-state index contributed by atoms with van der Waals surface area (Å²) in [5, 5.41) is 14.9. The van der Waals surface area contributed by atoms with Gasteiger partial charge in [-0.25, -0.2) is 9.78 Å². The number of nitrogens with two attached hydrogens (primary N) is 1. The Balaban J connectivity index is 1.47. The maximum absolute atomic E-state index is 12.2. The fourth-order valence-electron chi connectivity index (χ4n) is 2.96. The number of nitrogens with one attached hydrogen (secondary N) is 4. The van der Waals surface area contributed by atoms with Crippen LogP contribution in [0.25, 0.3) is 0 Å². The van der Waals surface area contributed by atoms with Gasteiger partial charge in [0.1, 0.15) is 11.6 Å². The number of hydrogen-bond donors (Lipinski definition) is 5. The van der Waals surface area contributed by atoms with Crippen LogP contribution >= 0.6 is 0 Å². The van der Waals surface area contributed by atoms with Crippen molar-refractivity contribution in [2.45, 2.75) is 6.92 Å². The van der Waals surface area contributed by atoms with Crippen LogP contribution in [0.4, 0.5) is 27.8 Å². The number of rotatable bonds is 8. The van der Waals surface area contributed by atoms with Crippen LogP contribution in [0.1, 0.15) is 16.2 Å². The van der Waals surface area contributed by atoms with Gasteiger partial charge in [-0.1, -0.05) is 0 Å². The van der Waals surface area contributed by atoms with Gasteiger partial charge in [-0.3, -0.25) is 14.9 Å². The molecule has 0 spiro atoms. The molecule has 4 aromatic rings. The molecule has 6 N–H and O–H groups in total. The highest BCUT2D eigenvalue weighted by atomic mass is 16.5. The second-order valence-corrected chi connectivity index (χ2v) is 7.12. The minimum Gasteiger partial charge on any atom is -0.493 e. The summed E-state index contributed by atoms with van der Waals surface area (Å²) in [5.74, 6) is 0.850. The summed E-state index contributed by atoms with van der Waals surface area (Å²) < 4.78 is 11.2. The van der Waals surface area contributed by atoms with E-state index in [0.717, 1.165) is 0 Å². The molecule has 0 saturated carbocycles. The zero-order valence-corrected chi connectivity index (χ0v) is 18.7. The molecule has 3 heterocycles. The Hall–Kier alpha value is -5.20. The number of carbonyl (C=O) groups excluding carboxylic acids is 2. The number of urea groups is 1. The quantitative estimate of drug-likeness (QED) is 0.255. The van der Waals surface area contributed by atoms with Crippen molar-refractivity contribution in [3.63, 3.8) is 0 Å². The third-order valence-electron chi connectivity index (χ3n) is 4.49. The molecule has 0 aliphatic heterocycles. The second-order valence-electron chi connectivity index (χ2n) is 7.12. The molecule has 0 fully saturated rings. The summed E-state index contributed by atoms with van der Waals surface area (Å²) in [6, 6.07) is 11.0. The highest BCUT2D eigenvalue weighted by Crippen LogP contribution is 2.33. The fourth-order valence-corrected chi connectivity index (χ4v) is 2.96. The number of nitrogens with zero attached hydrogens (tertiary/aromatic N) is 4. The molecule has 35 heavy (non-hydrogen) atoms. The Bertz CT molecular complexity index is 1360. The third-order valence-corrected chi connectivity index (χ3v) is 4.49. The van der Waals surface area contributed by atoms with Crippen LogP contribution in [0.15, 0.2) is 54.9 Å². The summed E-state index contributed by atoms with van der Waals surface area (Å²) >= 11 is 0. The van der Waals surface area contributed by atoms with E-state index >= 15 is 0 Å². The van der Waals surface area contributed by atoms with Crippen molar-refractivity contribution in [1.29, 1.82) is 0 Å². The van der Waals surface area contributed by atoms with E-state index in [2.05, 4.69) is 41.1 Å². The molecule has 0 saturated heterocycles. The smallest absolute Gasteiger partial charge is 0.324 e. The molecule has 178 valence electrons. The van der Waals surface area contributed by atoms with Crippen LogP contribution in [0.2, 0.25) is 0 Å². The highest BCUT2D eigenvalue weighted by molar-refractivity contribution is 5.99. The molecule has 3 aromatic heterocycles. The Labute approximate surface area is 199 Å². The Morgan fingerprint density at radius 1 is 0.971 bits per heavy atom. The Kier molecular flexibility index (Phi) is 6.67. The van der Waals surface area contributed by atoms with Crippen LogP contribution in [0.3, 0.4) is 0 Å². The number of primary amides is 1. The first kappa shape index (κ1) is 23.0. The number of hydrogen-bond acceptors (Lipinski definition) is 9. The van der Waals surface area contributed by atoms with E-state index in [4.69, 9.17) is 15.2 Å². The number of methoxy groups -OCH3 is 1. The molecule has 4 rings (SSSR count). The monoisotopic (exact) mass is 475 g/mol. The molecule has 13 heteroatoms. The molecular formula is C22H21N9O4. The van der Waals surface area contributed by atoms with Gasteiger partial charge < -0.3 is 31.2 Å². The van der Waals surface area contributed by atoms with Gasteiger partial charge in [0.15, 0.2) is 17.2 Å². The van der Waals surface area contributed by atoms with Crippen molar-refractivity contribution in [2.24, 2.45) is 5.73 Å².